The van der Waals surface area contributed by atoms with E-state index in [4.69, 9.17) is 9.47 Å². The van der Waals surface area contributed by atoms with Gasteiger partial charge in [-0.25, -0.2) is 8.42 Å². The monoisotopic (exact) mass is 474 g/mol. The van der Waals surface area contributed by atoms with Crippen LogP contribution in [0.5, 0.6) is 11.5 Å². The standard InChI is InChI=1S/C23H26N2O7S/c1-31-16-10-11-19(32-2)20(14-16)33(29,30)25-18(13-15-7-4-3-5-8-15)21-17(23(27)28)9-6-12-24-22(21)26/h3-5,7-8,10-11,14,17,25H,6,9,12-13H2,1-2H3,(H,24,26)(H,27,28). The molecule has 9 nitrogen and oxygen atoms in total. The van der Waals surface area contributed by atoms with Crippen LogP contribution >= 0.6 is 0 Å². The van der Waals surface area contributed by atoms with E-state index < -0.39 is 27.8 Å². The van der Waals surface area contributed by atoms with Gasteiger partial charge in [-0.3, -0.25) is 14.3 Å². The van der Waals surface area contributed by atoms with Gasteiger partial charge in [0.1, 0.15) is 16.4 Å². The Morgan fingerprint density at radius 2 is 1.88 bits per heavy atom. The molecule has 2 aromatic rings. The Bertz CT molecular complexity index is 1160. The van der Waals surface area contributed by atoms with Crippen molar-refractivity contribution >= 4 is 21.9 Å². The van der Waals surface area contributed by atoms with Crippen molar-refractivity contribution in [2.75, 3.05) is 20.8 Å². The lowest BCUT2D eigenvalue weighted by atomic mass is 9.91. The number of carboxylic acid groups (broad SMARTS) is 1. The fourth-order valence-electron chi connectivity index (χ4n) is 3.70. The molecular formula is C23H26N2O7S. The highest BCUT2D eigenvalue weighted by Gasteiger charge is 2.34. The van der Waals surface area contributed by atoms with Crippen LogP contribution in [0.25, 0.3) is 0 Å². The SMILES string of the molecule is COc1ccc(OC)c(S(=O)(=O)NC(Cc2ccccc2)=C2C(=O)NCCCC2C(=O)O)c1. The van der Waals surface area contributed by atoms with Crippen LogP contribution in [0.2, 0.25) is 0 Å². The fraction of sp³-hybridized carbons (Fsp3) is 0.304. The van der Waals surface area contributed by atoms with Crippen LogP contribution in [0.1, 0.15) is 18.4 Å². The molecule has 2 aromatic carbocycles. The maximum atomic E-state index is 13.4. The van der Waals surface area contributed by atoms with E-state index in [1.165, 1.54) is 26.4 Å². The Kier molecular flexibility index (Phi) is 7.59. The highest BCUT2D eigenvalue weighted by molar-refractivity contribution is 7.89. The number of hydrogen-bond donors (Lipinski definition) is 3. The summed E-state index contributed by atoms with van der Waals surface area (Å²) in [4.78, 5) is 24.7. The summed E-state index contributed by atoms with van der Waals surface area (Å²) < 4.78 is 39.7. The number of nitrogens with one attached hydrogen (secondary N) is 2. The third-order valence-electron chi connectivity index (χ3n) is 5.31. The van der Waals surface area contributed by atoms with E-state index >= 15 is 0 Å². The third-order valence-corrected chi connectivity index (χ3v) is 6.73. The highest BCUT2D eigenvalue weighted by atomic mass is 32.2. The van der Waals surface area contributed by atoms with Gasteiger partial charge in [-0.2, -0.15) is 0 Å². The Labute approximate surface area is 192 Å². The second-order valence-electron chi connectivity index (χ2n) is 7.47. The van der Waals surface area contributed by atoms with E-state index in [0.29, 0.717) is 24.3 Å². The van der Waals surface area contributed by atoms with Crippen molar-refractivity contribution in [1.82, 2.24) is 10.0 Å². The predicted molar refractivity (Wildman–Crippen MR) is 120 cm³/mol. The Hall–Kier alpha value is -3.53. The van der Waals surface area contributed by atoms with Crippen LogP contribution in [0.15, 0.2) is 64.7 Å². The minimum absolute atomic E-state index is 0.00197. The number of ether oxygens (including phenoxy) is 2. The number of aliphatic carboxylic acids is 1. The number of rotatable bonds is 8. The smallest absolute Gasteiger partial charge is 0.311 e. The molecule has 1 unspecified atom stereocenters. The number of hydrogen-bond acceptors (Lipinski definition) is 6. The minimum Gasteiger partial charge on any atom is -0.497 e. The van der Waals surface area contributed by atoms with Crippen molar-refractivity contribution in [3.8, 4) is 11.5 Å². The largest absolute Gasteiger partial charge is 0.497 e. The molecule has 3 N–H and O–H groups in total. The molecule has 0 bridgehead atoms. The normalized spacial score (nSPS) is 18.0. The zero-order chi connectivity index (χ0) is 24.0. The molecule has 1 heterocycles. The topological polar surface area (TPSA) is 131 Å². The number of allylic oxidation sites excluding steroid dienone is 1. The second-order valence-corrected chi connectivity index (χ2v) is 9.12. The van der Waals surface area contributed by atoms with Crippen molar-refractivity contribution in [1.29, 1.82) is 0 Å². The first-order valence-electron chi connectivity index (χ1n) is 10.3. The Balaban J connectivity index is 2.17. The van der Waals surface area contributed by atoms with Gasteiger partial charge in [-0.05, 0) is 30.5 Å². The average molecular weight is 475 g/mol. The average Bonchev–Trinajstić information content (AvgIpc) is 3.00. The van der Waals surface area contributed by atoms with Crippen LogP contribution in [0.3, 0.4) is 0 Å². The number of carbonyl (C=O) groups is 2. The molecule has 0 radical (unpaired) electrons. The summed E-state index contributed by atoms with van der Waals surface area (Å²) in [6, 6.07) is 13.2. The fourth-order valence-corrected chi connectivity index (χ4v) is 5.00. The molecule has 1 aliphatic heterocycles. The first kappa shape index (κ1) is 24.1. The number of carbonyl (C=O) groups excluding carboxylic acids is 1. The quantitative estimate of drug-likeness (QED) is 0.499. The summed E-state index contributed by atoms with van der Waals surface area (Å²) in [7, 11) is -1.53. The number of sulfonamides is 1. The summed E-state index contributed by atoms with van der Waals surface area (Å²) in [6.07, 6.45) is 0.673. The van der Waals surface area contributed by atoms with Gasteiger partial charge in [0.05, 0.1) is 25.7 Å². The van der Waals surface area contributed by atoms with Gasteiger partial charge in [0.25, 0.3) is 10.0 Å². The van der Waals surface area contributed by atoms with Gasteiger partial charge in [-0.1, -0.05) is 30.3 Å². The zero-order valence-electron chi connectivity index (χ0n) is 18.3. The molecule has 0 saturated carbocycles. The molecule has 33 heavy (non-hydrogen) atoms. The molecule has 176 valence electrons. The van der Waals surface area contributed by atoms with Crippen LogP contribution in [0.4, 0.5) is 0 Å². The molecule has 3 rings (SSSR count). The van der Waals surface area contributed by atoms with Crippen molar-refractivity contribution in [3.05, 3.63) is 65.4 Å². The number of methoxy groups -OCH3 is 2. The predicted octanol–water partition coefficient (Wildman–Crippen LogP) is 2.09. The van der Waals surface area contributed by atoms with Gasteiger partial charge < -0.3 is 19.9 Å². The lowest BCUT2D eigenvalue weighted by Crippen LogP contribution is -2.34. The summed E-state index contributed by atoms with van der Waals surface area (Å²) in [5, 5.41) is 12.5. The highest BCUT2D eigenvalue weighted by Crippen LogP contribution is 2.30. The number of carboxylic acids is 1. The molecule has 0 spiro atoms. The van der Waals surface area contributed by atoms with Crippen LogP contribution < -0.4 is 19.5 Å². The summed E-state index contributed by atoms with van der Waals surface area (Å²) >= 11 is 0. The lowest BCUT2D eigenvalue weighted by molar-refractivity contribution is -0.141. The van der Waals surface area contributed by atoms with E-state index in [2.05, 4.69) is 10.0 Å². The lowest BCUT2D eigenvalue weighted by Gasteiger charge is -2.20. The van der Waals surface area contributed by atoms with E-state index in [0.717, 1.165) is 0 Å². The van der Waals surface area contributed by atoms with E-state index in [1.807, 2.05) is 0 Å². The van der Waals surface area contributed by atoms with Crippen molar-refractivity contribution in [3.63, 3.8) is 0 Å². The molecule has 1 aliphatic rings. The van der Waals surface area contributed by atoms with Crippen molar-refractivity contribution in [2.24, 2.45) is 5.92 Å². The third kappa shape index (κ3) is 5.64. The van der Waals surface area contributed by atoms with Gasteiger partial charge in [0, 0.05) is 24.7 Å². The maximum absolute atomic E-state index is 13.4. The van der Waals surface area contributed by atoms with Gasteiger partial charge in [0.15, 0.2) is 0 Å². The molecule has 0 aliphatic carbocycles. The first-order valence-corrected chi connectivity index (χ1v) is 11.8. The Morgan fingerprint density at radius 1 is 1.15 bits per heavy atom. The molecule has 10 heteroatoms. The summed E-state index contributed by atoms with van der Waals surface area (Å²) in [5.41, 5.74) is 0.605. The van der Waals surface area contributed by atoms with Crippen molar-refractivity contribution < 1.29 is 32.6 Å². The number of amides is 1. The van der Waals surface area contributed by atoms with E-state index in [1.54, 1.807) is 36.4 Å². The van der Waals surface area contributed by atoms with E-state index in [9.17, 15) is 23.1 Å². The van der Waals surface area contributed by atoms with Crippen LogP contribution in [-0.4, -0.2) is 46.2 Å². The Morgan fingerprint density at radius 3 is 2.52 bits per heavy atom. The molecule has 1 atom stereocenters. The first-order chi connectivity index (χ1) is 15.8. The van der Waals surface area contributed by atoms with Gasteiger partial charge in [0.2, 0.25) is 5.91 Å². The van der Waals surface area contributed by atoms with Gasteiger partial charge in [-0.15, -0.1) is 0 Å². The molecule has 1 amide bonds. The summed E-state index contributed by atoms with van der Waals surface area (Å²) in [6.45, 7) is 0.307. The molecule has 1 fully saturated rings. The molecular weight excluding hydrogens is 448 g/mol. The maximum Gasteiger partial charge on any atom is 0.311 e. The zero-order valence-corrected chi connectivity index (χ0v) is 19.1. The van der Waals surface area contributed by atoms with Gasteiger partial charge >= 0.3 is 5.97 Å². The number of benzene rings is 2. The summed E-state index contributed by atoms with van der Waals surface area (Å²) in [5.74, 6) is -2.57. The second kappa shape index (κ2) is 10.4. The van der Waals surface area contributed by atoms with Crippen molar-refractivity contribution in [2.45, 2.75) is 24.2 Å². The van der Waals surface area contributed by atoms with Crippen LogP contribution in [0, 0.1) is 5.92 Å². The van der Waals surface area contributed by atoms with Crippen LogP contribution in [-0.2, 0) is 26.0 Å². The molecule has 0 aromatic heterocycles. The minimum atomic E-state index is -4.27. The molecule has 1 saturated heterocycles. The van der Waals surface area contributed by atoms with E-state index in [-0.39, 0.29) is 34.8 Å².